The maximum absolute atomic E-state index is 11.4. The van der Waals surface area contributed by atoms with Crippen molar-refractivity contribution in [2.75, 3.05) is 0 Å². The van der Waals surface area contributed by atoms with E-state index in [9.17, 15) is 39.5 Å². The molecule has 0 aliphatic carbocycles. The summed E-state index contributed by atoms with van der Waals surface area (Å²) in [5.74, 6) is 0. The van der Waals surface area contributed by atoms with Crippen LogP contribution in [0.1, 0.15) is 0 Å². The number of rotatable bonds is 0. The zero-order valence-corrected chi connectivity index (χ0v) is 7.90. The normalized spacial score (nSPS) is 15.2. The molecule has 0 amide bonds. The molecule has 0 rings (SSSR count). The summed E-state index contributed by atoms with van der Waals surface area (Å²) in [6.45, 7) is 0. The van der Waals surface area contributed by atoms with E-state index >= 15 is 0 Å². The summed E-state index contributed by atoms with van der Waals surface area (Å²) >= 11 is -7.33. The molecule has 0 saturated carbocycles. The average Bonchev–Trinajstić information content (AvgIpc) is 1.44. The van der Waals surface area contributed by atoms with Gasteiger partial charge < -0.3 is 0 Å². The number of hydrogen-bond acceptors (Lipinski definition) is 0. The van der Waals surface area contributed by atoms with Gasteiger partial charge in [0.15, 0.2) is 0 Å². The van der Waals surface area contributed by atoms with Crippen LogP contribution in [0, 0.1) is 0 Å². The molecule has 0 spiro atoms. The Balaban J connectivity index is 5.02. The summed E-state index contributed by atoms with van der Waals surface area (Å²) in [6.07, 6.45) is 0. The Labute approximate surface area is 69.8 Å². The van der Waals surface area contributed by atoms with E-state index in [2.05, 4.69) is 0 Å². The predicted octanol–water partition coefficient (Wildman–Crippen LogP) is 2.52. The van der Waals surface area contributed by atoms with Crippen LogP contribution in [0.4, 0.5) is 39.5 Å². The van der Waals surface area contributed by atoms with Crippen molar-refractivity contribution in [2.45, 2.75) is 15.0 Å². The fourth-order valence-corrected chi connectivity index (χ4v) is 2.89. The van der Waals surface area contributed by atoms with Crippen LogP contribution in [0.15, 0.2) is 0 Å². The maximum atomic E-state index is 11.4. The molecule has 0 fully saturated rings. The Bertz CT molecular complexity index is 137. The van der Waals surface area contributed by atoms with Gasteiger partial charge in [0.25, 0.3) is 0 Å². The van der Waals surface area contributed by atoms with Gasteiger partial charge in [0.05, 0.1) is 0 Å². The molecule has 0 N–H and O–H groups in total. The summed E-state index contributed by atoms with van der Waals surface area (Å²) in [5.41, 5.74) is 0. The first-order valence-corrected chi connectivity index (χ1v) is 6.20. The molecule has 13 heavy (non-hydrogen) atoms. The van der Waals surface area contributed by atoms with Crippen molar-refractivity contribution in [2.24, 2.45) is 0 Å². The predicted molar refractivity (Wildman–Crippen MR) is 25.3 cm³/mol. The summed E-state index contributed by atoms with van der Waals surface area (Å²) < 4.78 is 102. The van der Waals surface area contributed by atoms with E-state index in [1.54, 1.807) is 0 Å². The second kappa shape index (κ2) is 3.24. The number of alkyl halides is 9. The molecular weight excluding hydrogens is 280 g/mol. The molecule has 0 aliphatic heterocycles. The third-order valence-corrected chi connectivity index (χ3v) is 5.10. The van der Waals surface area contributed by atoms with Crippen LogP contribution >= 0.6 is 0 Å². The zero-order valence-electron chi connectivity index (χ0n) is 5.48. The Morgan fingerprint density at radius 3 is 0.615 bits per heavy atom. The molecule has 0 nitrogen and oxygen atoms in total. The monoisotopic (exact) mass is 282 g/mol. The first kappa shape index (κ1) is 12.9. The van der Waals surface area contributed by atoms with E-state index in [0.29, 0.717) is 0 Å². The summed E-state index contributed by atoms with van der Waals surface area (Å²) in [5, 5.41) is -18.5. The van der Waals surface area contributed by atoms with Crippen molar-refractivity contribution in [1.29, 1.82) is 0 Å². The third-order valence-electron chi connectivity index (χ3n) is 0.982. The second-order valence-corrected chi connectivity index (χ2v) is 8.00. The van der Waals surface area contributed by atoms with Gasteiger partial charge in [-0.25, -0.2) is 0 Å². The molecule has 0 aromatic rings. The van der Waals surface area contributed by atoms with Crippen LogP contribution in [0.5, 0.6) is 0 Å². The molecule has 0 heterocycles. The van der Waals surface area contributed by atoms with Crippen molar-refractivity contribution in [3.63, 3.8) is 0 Å². The van der Waals surface area contributed by atoms with Crippen LogP contribution in [0.2, 0.25) is 0 Å². The average molecular weight is 281 g/mol. The third kappa shape index (κ3) is 3.65. The van der Waals surface area contributed by atoms with Gasteiger partial charge in [-0.2, -0.15) is 0 Å². The molecule has 0 radical (unpaired) electrons. The standard InChI is InChI=1S/C3HF9Ge/c4-1(5,6)13(2(7,8)9)3(10,11)12/h13H. The molecule has 0 aromatic carbocycles. The molecule has 0 saturated heterocycles. The van der Waals surface area contributed by atoms with Gasteiger partial charge in [-0.05, 0) is 0 Å². The Morgan fingerprint density at radius 2 is 0.615 bits per heavy atom. The first-order valence-electron chi connectivity index (χ1n) is 2.57. The summed E-state index contributed by atoms with van der Waals surface area (Å²) in [6, 6.07) is 0. The molecule has 0 atom stereocenters. The van der Waals surface area contributed by atoms with E-state index in [1.807, 2.05) is 0 Å². The van der Waals surface area contributed by atoms with Crippen molar-refractivity contribution >= 4 is 14.3 Å². The van der Waals surface area contributed by atoms with Gasteiger partial charge in [0, 0.05) is 0 Å². The van der Waals surface area contributed by atoms with E-state index in [-0.39, 0.29) is 0 Å². The van der Waals surface area contributed by atoms with E-state index < -0.39 is 29.4 Å². The Hall–Kier alpha value is -0.0871. The molecule has 0 aromatic heterocycles. The quantitative estimate of drug-likeness (QED) is 0.472. The van der Waals surface area contributed by atoms with Gasteiger partial charge in [0.1, 0.15) is 0 Å². The molecular formula is C3HF9Ge. The fraction of sp³-hybridized carbons (Fsp3) is 1.00. The topological polar surface area (TPSA) is 0 Å². The molecule has 0 bridgehead atoms. The van der Waals surface area contributed by atoms with Crippen LogP contribution < -0.4 is 0 Å². The number of halogens is 9. The van der Waals surface area contributed by atoms with Crippen LogP contribution in [0.3, 0.4) is 0 Å². The van der Waals surface area contributed by atoms with Crippen molar-refractivity contribution in [1.82, 2.24) is 0 Å². The van der Waals surface area contributed by atoms with Gasteiger partial charge in [-0.1, -0.05) is 0 Å². The summed E-state index contributed by atoms with van der Waals surface area (Å²) in [4.78, 5) is 0. The van der Waals surface area contributed by atoms with E-state index in [4.69, 9.17) is 0 Å². The Kier molecular flexibility index (Phi) is 3.22. The minimum absolute atomic E-state index is 6.18. The second-order valence-electron chi connectivity index (χ2n) is 2.06. The van der Waals surface area contributed by atoms with Crippen molar-refractivity contribution in [3.05, 3.63) is 0 Å². The van der Waals surface area contributed by atoms with Gasteiger partial charge in [-0.3, -0.25) is 0 Å². The van der Waals surface area contributed by atoms with Crippen LogP contribution in [-0.4, -0.2) is 29.4 Å². The minimum atomic E-state index is -7.33. The number of hydrogen-bond donors (Lipinski definition) is 0. The fourth-order valence-electron chi connectivity index (χ4n) is 0.557. The Morgan fingerprint density at radius 1 is 0.462 bits per heavy atom. The van der Waals surface area contributed by atoms with Crippen molar-refractivity contribution < 1.29 is 39.5 Å². The van der Waals surface area contributed by atoms with Crippen LogP contribution in [-0.2, 0) is 0 Å². The van der Waals surface area contributed by atoms with Gasteiger partial charge >= 0.3 is 68.9 Å². The van der Waals surface area contributed by atoms with Crippen LogP contribution in [0.25, 0.3) is 0 Å². The van der Waals surface area contributed by atoms with Gasteiger partial charge in [0.2, 0.25) is 0 Å². The van der Waals surface area contributed by atoms with E-state index in [0.717, 1.165) is 0 Å². The summed E-state index contributed by atoms with van der Waals surface area (Å²) in [7, 11) is 0. The molecule has 0 unspecified atom stereocenters. The zero-order chi connectivity index (χ0) is 11.1. The molecule has 80 valence electrons. The molecule has 0 aliphatic rings. The van der Waals surface area contributed by atoms with Crippen molar-refractivity contribution in [3.8, 4) is 0 Å². The van der Waals surface area contributed by atoms with E-state index in [1.165, 1.54) is 0 Å². The first-order chi connectivity index (χ1) is 5.37. The van der Waals surface area contributed by atoms with Gasteiger partial charge in [-0.15, -0.1) is 0 Å². The molecule has 10 heteroatoms. The SMILES string of the molecule is F[C](F)(F)[GeH]([C](F)(F)F)[C](F)(F)F.